The standard InChI is InChI=1S/C14H21NO4/c1-10(2)19-9-8-15-14(16)13-11(17-3)6-5-7-12(13)18-4/h5-7,10H,8-9H2,1-4H3,(H,15,16). The second-order valence-electron chi connectivity index (χ2n) is 4.21. The molecule has 0 saturated heterocycles. The number of benzene rings is 1. The van der Waals surface area contributed by atoms with Crippen LogP contribution in [0, 0.1) is 0 Å². The van der Waals surface area contributed by atoms with Gasteiger partial charge in [0.2, 0.25) is 0 Å². The molecule has 1 rings (SSSR count). The van der Waals surface area contributed by atoms with E-state index in [0.717, 1.165) is 0 Å². The van der Waals surface area contributed by atoms with Crippen LogP contribution in [0.15, 0.2) is 18.2 Å². The number of ether oxygens (including phenoxy) is 3. The van der Waals surface area contributed by atoms with E-state index in [1.807, 2.05) is 13.8 Å². The minimum absolute atomic E-state index is 0.151. The summed E-state index contributed by atoms with van der Waals surface area (Å²) in [6.45, 7) is 4.81. The average molecular weight is 267 g/mol. The number of amides is 1. The first-order valence-electron chi connectivity index (χ1n) is 6.21. The number of carbonyl (C=O) groups is 1. The van der Waals surface area contributed by atoms with Crippen LogP contribution in [0.1, 0.15) is 24.2 Å². The zero-order chi connectivity index (χ0) is 14.3. The van der Waals surface area contributed by atoms with Crippen LogP contribution >= 0.6 is 0 Å². The number of hydrogen-bond acceptors (Lipinski definition) is 4. The maximum Gasteiger partial charge on any atom is 0.258 e. The van der Waals surface area contributed by atoms with E-state index >= 15 is 0 Å². The molecule has 0 aromatic heterocycles. The van der Waals surface area contributed by atoms with Gasteiger partial charge in [0.15, 0.2) is 0 Å². The molecule has 0 atom stereocenters. The molecule has 1 amide bonds. The molecule has 1 N–H and O–H groups in total. The summed E-state index contributed by atoms with van der Waals surface area (Å²) in [6.07, 6.45) is 0.151. The van der Waals surface area contributed by atoms with Crippen molar-refractivity contribution in [2.75, 3.05) is 27.4 Å². The van der Waals surface area contributed by atoms with Crippen molar-refractivity contribution < 1.29 is 19.0 Å². The van der Waals surface area contributed by atoms with Crippen LogP contribution in [0.25, 0.3) is 0 Å². The second kappa shape index (κ2) is 7.63. The van der Waals surface area contributed by atoms with Crippen LogP contribution in [0.5, 0.6) is 11.5 Å². The zero-order valence-electron chi connectivity index (χ0n) is 11.9. The summed E-state index contributed by atoms with van der Waals surface area (Å²) in [6, 6.07) is 5.22. The van der Waals surface area contributed by atoms with Gasteiger partial charge in [-0.2, -0.15) is 0 Å². The smallest absolute Gasteiger partial charge is 0.258 e. The minimum atomic E-state index is -0.235. The predicted octanol–water partition coefficient (Wildman–Crippen LogP) is 1.86. The van der Waals surface area contributed by atoms with E-state index in [4.69, 9.17) is 14.2 Å². The van der Waals surface area contributed by atoms with Gasteiger partial charge in [0.25, 0.3) is 5.91 Å². The Bertz CT molecular complexity index is 396. The highest BCUT2D eigenvalue weighted by molar-refractivity contribution is 5.99. The van der Waals surface area contributed by atoms with Crippen LogP contribution < -0.4 is 14.8 Å². The summed E-state index contributed by atoms with van der Waals surface area (Å²) >= 11 is 0. The normalized spacial score (nSPS) is 10.4. The third kappa shape index (κ3) is 4.44. The predicted molar refractivity (Wildman–Crippen MR) is 73.0 cm³/mol. The van der Waals surface area contributed by atoms with Crippen LogP contribution in [-0.4, -0.2) is 39.4 Å². The van der Waals surface area contributed by atoms with Crippen molar-refractivity contribution in [1.29, 1.82) is 0 Å². The van der Waals surface area contributed by atoms with Crippen molar-refractivity contribution in [3.8, 4) is 11.5 Å². The van der Waals surface area contributed by atoms with Crippen molar-refractivity contribution >= 4 is 5.91 Å². The van der Waals surface area contributed by atoms with Crippen molar-refractivity contribution in [2.24, 2.45) is 0 Å². The van der Waals surface area contributed by atoms with Crippen LogP contribution in [-0.2, 0) is 4.74 Å². The van der Waals surface area contributed by atoms with Gasteiger partial charge in [-0.15, -0.1) is 0 Å². The lowest BCUT2D eigenvalue weighted by Crippen LogP contribution is -2.28. The van der Waals surface area contributed by atoms with Gasteiger partial charge in [-0.25, -0.2) is 0 Å². The van der Waals surface area contributed by atoms with Gasteiger partial charge < -0.3 is 19.5 Å². The van der Waals surface area contributed by atoms with Crippen LogP contribution in [0.2, 0.25) is 0 Å². The first-order chi connectivity index (χ1) is 9.10. The third-order valence-corrected chi connectivity index (χ3v) is 2.49. The fraction of sp³-hybridized carbons (Fsp3) is 0.500. The fourth-order valence-electron chi connectivity index (χ4n) is 1.62. The number of carbonyl (C=O) groups excluding carboxylic acids is 1. The van der Waals surface area contributed by atoms with Gasteiger partial charge in [-0.1, -0.05) is 6.07 Å². The fourth-order valence-corrected chi connectivity index (χ4v) is 1.62. The average Bonchev–Trinajstić information content (AvgIpc) is 2.42. The maximum atomic E-state index is 12.1. The lowest BCUT2D eigenvalue weighted by Gasteiger charge is -2.13. The highest BCUT2D eigenvalue weighted by Gasteiger charge is 2.17. The van der Waals surface area contributed by atoms with Crippen LogP contribution in [0.3, 0.4) is 0 Å². The lowest BCUT2D eigenvalue weighted by molar-refractivity contribution is 0.0744. The lowest BCUT2D eigenvalue weighted by atomic mass is 10.1. The maximum absolute atomic E-state index is 12.1. The topological polar surface area (TPSA) is 56.8 Å². The van der Waals surface area contributed by atoms with Crippen molar-refractivity contribution in [3.63, 3.8) is 0 Å². The second-order valence-corrected chi connectivity index (χ2v) is 4.21. The van der Waals surface area contributed by atoms with Gasteiger partial charge in [-0.05, 0) is 26.0 Å². The van der Waals surface area contributed by atoms with E-state index in [1.54, 1.807) is 18.2 Å². The van der Waals surface area contributed by atoms with E-state index in [-0.39, 0.29) is 12.0 Å². The molecule has 0 aliphatic carbocycles. The zero-order valence-corrected chi connectivity index (χ0v) is 11.9. The summed E-state index contributed by atoms with van der Waals surface area (Å²) in [5.41, 5.74) is 0.400. The Morgan fingerprint density at radius 3 is 2.26 bits per heavy atom. The molecule has 0 spiro atoms. The Morgan fingerprint density at radius 1 is 1.21 bits per heavy atom. The molecule has 5 heteroatoms. The summed E-state index contributed by atoms with van der Waals surface area (Å²) in [7, 11) is 3.04. The Hall–Kier alpha value is -1.75. The quantitative estimate of drug-likeness (QED) is 0.766. The largest absolute Gasteiger partial charge is 0.496 e. The molecule has 0 heterocycles. The van der Waals surface area contributed by atoms with E-state index in [2.05, 4.69) is 5.32 Å². The van der Waals surface area contributed by atoms with Crippen molar-refractivity contribution in [1.82, 2.24) is 5.32 Å². The molecule has 1 aromatic carbocycles. The number of rotatable bonds is 7. The highest BCUT2D eigenvalue weighted by Crippen LogP contribution is 2.27. The minimum Gasteiger partial charge on any atom is -0.496 e. The van der Waals surface area contributed by atoms with E-state index < -0.39 is 0 Å². The van der Waals surface area contributed by atoms with Gasteiger partial charge in [0.1, 0.15) is 17.1 Å². The molecule has 0 aliphatic rings. The molecule has 1 aromatic rings. The van der Waals surface area contributed by atoms with E-state index in [1.165, 1.54) is 14.2 Å². The number of hydrogen-bond donors (Lipinski definition) is 1. The van der Waals surface area contributed by atoms with Crippen molar-refractivity contribution in [3.05, 3.63) is 23.8 Å². The Kier molecular flexibility index (Phi) is 6.15. The van der Waals surface area contributed by atoms with E-state index in [9.17, 15) is 4.79 Å². The summed E-state index contributed by atoms with van der Waals surface area (Å²) < 4.78 is 15.7. The number of methoxy groups -OCH3 is 2. The summed E-state index contributed by atoms with van der Waals surface area (Å²) in [5, 5.41) is 2.78. The molecular weight excluding hydrogens is 246 g/mol. The first-order valence-corrected chi connectivity index (χ1v) is 6.21. The Morgan fingerprint density at radius 2 is 1.79 bits per heavy atom. The van der Waals surface area contributed by atoms with Gasteiger partial charge in [-0.3, -0.25) is 4.79 Å². The molecule has 0 saturated carbocycles. The summed E-state index contributed by atoms with van der Waals surface area (Å²) in [4.78, 5) is 12.1. The van der Waals surface area contributed by atoms with Gasteiger partial charge in [0, 0.05) is 6.54 Å². The van der Waals surface area contributed by atoms with Crippen LogP contribution in [0.4, 0.5) is 0 Å². The molecule has 5 nitrogen and oxygen atoms in total. The van der Waals surface area contributed by atoms with Gasteiger partial charge in [0.05, 0.1) is 26.9 Å². The summed E-state index contributed by atoms with van der Waals surface area (Å²) in [5.74, 6) is 0.741. The Labute approximate surface area is 113 Å². The highest BCUT2D eigenvalue weighted by atomic mass is 16.5. The molecule has 19 heavy (non-hydrogen) atoms. The first kappa shape index (κ1) is 15.3. The SMILES string of the molecule is COc1cccc(OC)c1C(=O)NCCOC(C)C. The molecular formula is C14H21NO4. The Balaban J connectivity index is 2.70. The molecule has 0 unspecified atom stereocenters. The molecule has 106 valence electrons. The third-order valence-electron chi connectivity index (χ3n) is 2.49. The molecule has 0 fully saturated rings. The monoisotopic (exact) mass is 267 g/mol. The van der Waals surface area contributed by atoms with E-state index in [0.29, 0.717) is 30.2 Å². The molecule has 0 radical (unpaired) electrons. The molecule has 0 bridgehead atoms. The number of nitrogens with one attached hydrogen (secondary N) is 1. The molecule has 0 aliphatic heterocycles. The van der Waals surface area contributed by atoms with Gasteiger partial charge >= 0.3 is 0 Å². The van der Waals surface area contributed by atoms with Crippen molar-refractivity contribution in [2.45, 2.75) is 20.0 Å².